The van der Waals surface area contributed by atoms with Crippen molar-refractivity contribution in [3.05, 3.63) is 34.1 Å². The molecule has 0 atom stereocenters. The number of nitrogens with one attached hydrogen (secondary N) is 1. The second-order valence-electron chi connectivity index (χ2n) is 6.93. The zero-order valence-corrected chi connectivity index (χ0v) is 18.0. The standard InChI is InChI=1S/C19H24Cl2N6O2/c1-26(2)18-23-16(24-19(25-18)27-8-4-3-5-9-27)11-22-17(28)12-29-15-7-6-13(20)10-14(15)21/h6-7,10H,3-5,8-9,11-12H2,1-2H3,(H,22,28). The van der Waals surface area contributed by atoms with E-state index >= 15 is 0 Å². The number of ether oxygens (including phenoxy) is 1. The molecule has 156 valence electrons. The molecule has 1 N–H and O–H groups in total. The molecule has 1 amide bonds. The molecule has 1 aromatic carbocycles. The smallest absolute Gasteiger partial charge is 0.258 e. The van der Waals surface area contributed by atoms with Crippen molar-refractivity contribution in [2.24, 2.45) is 0 Å². The molecule has 2 heterocycles. The van der Waals surface area contributed by atoms with Crippen molar-refractivity contribution in [1.82, 2.24) is 20.3 Å². The molecule has 1 aliphatic heterocycles. The van der Waals surface area contributed by atoms with Crippen LogP contribution in [0.15, 0.2) is 18.2 Å². The highest BCUT2D eigenvalue weighted by atomic mass is 35.5. The van der Waals surface area contributed by atoms with Crippen LogP contribution in [0.1, 0.15) is 25.1 Å². The van der Waals surface area contributed by atoms with Crippen LogP contribution in [0.3, 0.4) is 0 Å². The molecule has 3 rings (SSSR count). The van der Waals surface area contributed by atoms with E-state index in [1.165, 1.54) is 6.42 Å². The Balaban J connectivity index is 1.61. The Bertz CT molecular complexity index is 859. The Labute approximate surface area is 180 Å². The van der Waals surface area contributed by atoms with Gasteiger partial charge in [-0.3, -0.25) is 4.79 Å². The lowest BCUT2D eigenvalue weighted by Gasteiger charge is -2.27. The first kappa shape index (κ1) is 21.4. The molecule has 29 heavy (non-hydrogen) atoms. The highest BCUT2D eigenvalue weighted by molar-refractivity contribution is 6.35. The van der Waals surface area contributed by atoms with E-state index < -0.39 is 0 Å². The number of halogens is 2. The Morgan fingerprint density at radius 1 is 1.17 bits per heavy atom. The topological polar surface area (TPSA) is 83.5 Å². The van der Waals surface area contributed by atoms with Gasteiger partial charge in [-0.05, 0) is 37.5 Å². The number of carbonyl (C=O) groups is 1. The number of anilines is 2. The normalized spacial score (nSPS) is 13.9. The van der Waals surface area contributed by atoms with Crippen LogP contribution in [0.4, 0.5) is 11.9 Å². The quantitative estimate of drug-likeness (QED) is 0.710. The third-order valence-electron chi connectivity index (χ3n) is 4.39. The molecule has 2 aromatic rings. The zero-order chi connectivity index (χ0) is 20.8. The fourth-order valence-corrected chi connectivity index (χ4v) is 3.34. The number of piperidine rings is 1. The highest BCUT2D eigenvalue weighted by Crippen LogP contribution is 2.27. The van der Waals surface area contributed by atoms with E-state index in [0.29, 0.717) is 33.5 Å². The van der Waals surface area contributed by atoms with Gasteiger partial charge in [-0.2, -0.15) is 15.0 Å². The number of aromatic nitrogens is 3. The highest BCUT2D eigenvalue weighted by Gasteiger charge is 2.17. The van der Waals surface area contributed by atoms with E-state index in [0.717, 1.165) is 25.9 Å². The van der Waals surface area contributed by atoms with Gasteiger partial charge >= 0.3 is 0 Å². The molecule has 0 aliphatic carbocycles. The summed E-state index contributed by atoms with van der Waals surface area (Å²) in [5, 5.41) is 3.63. The fraction of sp³-hybridized carbons (Fsp3) is 0.474. The van der Waals surface area contributed by atoms with Crippen LogP contribution in [-0.4, -0.2) is 54.7 Å². The zero-order valence-electron chi connectivity index (χ0n) is 16.5. The van der Waals surface area contributed by atoms with Gasteiger partial charge < -0.3 is 19.9 Å². The third-order valence-corrected chi connectivity index (χ3v) is 4.92. The number of hydrogen-bond donors (Lipinski definition) is 1. The Hall–Kier alpha value is -2.32. The number of rotatable bonds is 7. The van der Waals surface area contributed by atoms with Gasteiger partial charge in [-0.15, -0.1) is 0 Å². The molecular weight excluding hydrogens is 415 g/mol. The summed E-state index contributed by atoms with van der Waals surface area (Å²) in [6, 6.07) is 4.83. The predicted molar refractivity (Wildman–Crippen MR) is 114 cm³/mol. The van der Waals surface area contributed by atoms with Gasteiger partial charge in [0, 0.05) is 32.2 Å². The van der Waals surface area contributed by atoms with Crippen molar-refractivity contribution >= 4 is 41.0 Å². The largest absolute Gasteiger partial charge is 0.482 e. The van der Waals surface area contributed by atoms with E-state index in [2.05, 4.69) is 25.2 Å². The van der Waals surface area contributed by atoms with Crippen molar-refractivity contribution in [2.75, 3.05) is 43.6 Å². The summed E-state index contributed by atoms with van der Waals surface area (Å²) in [5.41, 5.74) is 0. The third kappa shape index (κ3) is 6.08. The monoisotopic (exact) mass is 438 g/mol. The molecule has 0 saturated carbocycles. The number of carbonyl (C=O) groups excluding carboxylic acids is 1. The molecule has 1 aliphatic rings. The Kier molecular flexibility index (Phi) is 7.33. The lowest BCUT2D eigenvalue weighted by molar-refractivity contribution is -0.123. The minimum atomic E-state index is -0.303. The molecule has 1 aromatic heterocycles. The van der Waals surface area contributed by atoms with E-state index in [9.17, 15) is 4.79 Å². The molecule has 0 spiro atoms. The van der Waals surface area contributed by atoms with Gasteiger partial charge in [0.25, 0.3) is 5.91 Å². The lowest BCUT2D eigenvalue weighted by Crippen LogP contribution is -2.33. The van der Waals surface area contributed by atoms with E-state index in [-0.39, 0.29) is 19.1 Å². The molecule has 0 radical (unpaired) electrons. The lowest BCUT2D eigenvalue weighted by atomic mass is 10.1. The van der Waals surface area contributed by atoms with Crippen molar-refractivity contribution in [3.63, 3.8) is 0 Å². The van der Waals surface area contributed by atoms with Crippen molar-refractivity contribution < 1.29 is 9.53 Å². The SMILES string of the molecule is CN(C)c1nc(CNC(=O)COc2ccc(Cl)cc2Cl)nc(N2CCCCC2)n1. The second-order valence-corrected chi connectivity index (χ2v) is 7.78. The Morgan fingerprint density at radius 2 is 1.93 bits per heavy atom. The average Bonchev–Trinajstić information content (AvgIpc) is 2.72. The van der Waals surface area contributed by atoms with E-state index in [1.807, 2.05) is 19.0 Å². The number of benzene rings is 1. The van der Waals surface area contributed by atoms with Crippen LogP contribution in [0, 0.1) is 0 Å². The molecule has 8 nitrogen and oxygen atoms in total. The molecule has 0 unspecified atom stereocenters. The van der Waals surface area contributed by atoms with Crippen molar-refractivity contribution in [3.8, 4) is 5.75 Å². The van der Waals surface area contributed by atoms with Crippen LogP contribution < -0.4 is 19.9 Å². The summed E-state index contributed by atoms with van der Waals surface area (Å²) < 4.78 is 5.45. The molecule has 1 fully saturated rings. The Morgan fingerprint density at radius 3 is 2.62 bits per heavy atom. The van der Waals surface area contributed by atoms with Crippen LogP contribution >= 0.6 is 23.2 Å². The van der Waals surface area contributed by atoms with Gasteiger partial charge in [0.15, 0.2) is 12.4 Å². The van der Waals surface area contributed by atoms with Gasteiger partial charge in [0.2, 0.25) is 11.9 Å². The van der Waals surface area contributed by atoms with Gasteiger partial charge in [0.05, 0.1) is 11.6 Å². The maximum absolute atomic E-state index is 12.2. The summed E-state index contributed by atoms with van der Waals surface area (Å²) in [5.74, 6) is 1.81. The molecule has 1 saturated heterocycles. The summed E-state index contributed by atoms with van der Waals surface area (Å²) in [6.45, 7) is 1.86. The molecule has 10 heteroatoms. The molecular formula is C19H24Cl2N6O2. The van der Waals surface area contributed by atoms with Crippen molar-refractivity contribution in [1.29, 1.82) is 0 Å². The minimum absolute atomic E-state index is 0.175. The number of hydrogen-bond acceptors (Lipinski definition) is 7. The first-order valence-corrected chi connectivity index (χ1v) is 10.2. The van der Waals surface area contributed by atoms with E-state index in [1.54, 1.807) is 18.2 Å². The first-order chi connectivity index (χ1) is 13.9. The van der Waals surface area contributed by atoms with Gasteiger partial charge in [0.1, 0.15) is 5.75 Å². The van der Waals surface area contributed by atoms with E-state index in [4.69, 9.17) is 27.9 Å². The summed E-state index contributed by atoms with van der Waals surface area (Å²) >= 11 is 11.9. The first-order valence-electron chi connectivity index (χ1n) is 9.44. The fourth-order valence-electron chi connectivity index (χ4n) is 2.87. The average molecular weight is 439 g/mol. The van der Waals surface area contributed by atoms with Crippen LogP contribution in [-0.2, 0) is 11.3 Å². The van der Waals surface area contributed by atoms with Crippen LogP contribution in [0.2, 0.25) is 10.0 Å². The maximum Gasteiger partial charge on any atom is 0.258 e. The summed E-state index contributed by atoms with van der Waals surface area (Å²) in [6.07, 6.45) is 3.47. The van der Waals surface area contributed by atoms with Crippen molar-refractivity contribution in [2.45, 2.75) is 25.8 Å². The second kappa shape index (κ2) is 9.93. The maximum atomic E-state index is 12.2. The predicted octanol–water partition coefficient (Wildman–Crippen LogP) is 2.93. The minimum Gasteiger partial charge on any atom is -0.482 e. The van der Waals surface area contributed by atoms with Crippen LogP contribution in [0.5, 0.6) is 5.75 Å². The van der Waals surface area contributed by atoms with Crippen LogP contribution in [0.25, 0.3) is 0 Å². The number of amides is 1. The molecule has 0 bridgehead atoms. The van der Waals surface area contributed by atoms with Gasteiger partial charge in [-0.25, -0.2) is 0 Å². The number of nitrogens with zero attached hydrogens (tertiary/aromatic N) is 5. The summed E-state index contributed by atoms with van der Waals surface area (Å²) in [4.78, 5) is 29.7. The van der Waals surface area contributed by atoms with Gasteiger partial charge in [-0.1, -0.05) is 23.2 Å². The summed E-state index contributed by atoms with van der Waals surface area (Å²) in [7, 11) is 3.75.